The van der Waals surface area contributed by atoms with Crippen LogP contribution in [-0.4, -0.2) is 35.2 Å². The zero-order chi connectivity index (χ0) is 15.4. The predicted molar refractivity (Wildman–Crippen MR) is 81.1 cm³/mol. The third-order valence-electron chi connectivity index (χ3n) is 3.93. The van der Waals surface area contributed by atoms with E-state index in [2.05, 4.69) is 19.2 Å². The molecule has 1 aliphatic heterocycles. The van der Waals surface area contributed by atoms with Crippen LogP contribution >= 0.6 is 0 Å². The van der Waals surface area contributed by atoms with Gasteiger partial charge in [0.2, 0.25) is 0 Å². The van der Waals surface area contributed by atoms with Gasteiger partial charge in [-0.3, -0.25) is 0 Å². The number of urea groups is 1. The molecule has 5 heteroatoms. The summed E-state index contributed by atoms with van der Waals surface area (Å²) >= 11 is 0. The molecule has 21 heavy (non-hydrogen) atoms. The SMILES string of the molecule is CC(C)[C@@H](C)NC(=O)N1CCOc2ccc(CO)cc2C1. The summed E-state index contributed by atoms with van der Waals surface area (Å²) in [5.74, 6) is 1.19. The maximum Gasteiger partial charge on any atom is 0.318 e. The molecule has 0 spiro atoms. The summed E-state index contributed by atoms with van der Waals surface area (Å²) in [5, 5.41) is 12.2. The second-order valence-corrected chi connectivity index (χ2v) is 5.85. The van der Waals surface area contributed by atoms with E-state index in [1.807, 2.05) is 25.1 Å². The molecule has 1 aromatic rings. The molecule has 0 radical (unpaired) electrons. The van der Waals surface area contributed by atoms with E-state index in [1.54, 1.807) is 4.90 Å². The first-order chi connectivity index (χ1) is 10.0. The fourth-order valence-electron chi connectivity index (χ4n) is 2.17. The Hall–Kier alpha value is -1.75. The van der Waals surface area contributed by atoms with Gasteiger partial charge in [-0.25, -0.2) is 4.79 Å². The van der Waals surface area contributed by atoms with Gasteiger partial charge in [-0.05, 0) is 30.5 Å². The molecule has 0 aliphatic carbocycles. The molecule has 0 saturated carbocycles. The molecule has 2 rings (SSSR count). The number of rotatable bonds is 3. The summed E-state index contributed by atoms with van der Waals surface area (Å²) < 4.78 is 5.68. The lowest BCUT2D eigenvalue weighted by atomic mass is 10.1. The molecule has 116 valence electrons. The van der Waals surface area contributed by atoms with Crippen molar-refractivity contribution in [3.8, 4) is 5.75 Å². The van der Waals surface area contributed by atoms with Crippen molar-refractivity contribution >= 4 is 6.03 Å². The smallest absolute Gasteiger partial charge is 0.318 e. The number of nitrogens with one attached hydrogen (secondary N) is 1. The number of amides is 2. The topological polar surface area (TPSA) is 61.8 Å². The molecule has 0 unspecified atom stereocenters. The summed E-state index contributed by atoms with van der Waals surface area (Å²) in [6.07, 6.45) is 0. The van der Waals surface area contributed by atoms with Crippen molar-refractivity contribution in [1.82, 2.24) is 10.2 Å². The number of benzene rings is 1. The summed E-state index contributed by atoms with van der Waals surface area (Å²) in [4.78, 5) is 14.1. The third-order valence-corrected chi connectivity index (χ3v) is 3.93. The first-order valence-corrected chi connectivity index (χ1v) is 7.42. The van der Waals surface area contributed by atoms with E-state index in [4.69, 9.17) is 4.74 Å². The number of hydrogen-bond acceptors (Lipinski definition) is 3. The Morgan fingerprint density at radius 1 is 1.43 bits per heavy atom. The zero-order valence-corrected chi connectivity index (χ0v) is 12.9. The molecule has 5 nitrogen and oxygen atoms in total. The van der Waals surface area contributed by atoms with Crippen molar-refractivity contribution in [1.29, 1.82) is 0 Å². The highest BCUT2D eigenvalue weighted by Gasteiger charge is 2.21. The summed E-state index contributed by atoms with van der Waals surface area (Å²) in [5.41, 5.74) is 1.77. The average molecular weight is 292 g/mol. The predicted octanol–water partition coefficient (Wildman–Crippen LogP) is 2.13. The van der Waals surface area contributed by atoms with Crippen molar-refractivity contribution in [2.75, 3.05) is 13.2 Å². The molecular formula is C16H24N2O3. The minimum atomic E-state index is -0.0675. The normalized spacial score (nSPS) is 16.0. The molecule has 1 aliphatic rings. The maximum absolute atomic E-state index is 12.3. The van der Waals surface area contributed by atoms with Crippen LogP contribution in [0.3, 0.4) is 0 Å². The van der Waals surface area contributed by atoms with Crippen molar-refractivity contribution in [3.63, 3.8) is 0 Å². The van der Waals surface area contributed by atoms with Crippen LogP contribution in [0.15, 0.2) is 18.2 Å². The number of nitrogens with zero attached hydrogens (tertiary/aromatic N) is 1. The van der Waals surface area contributed by atoms with E-state index >= 15 is 0 Å². The van der Waals surface area contributed by atoms with Crippen LogP contribution in [0.4, 0.5) is 4.79 Å². The number of hydrogen-bond donors (Lipinski definition) is 2. The van der Waals surface area contributed by atoms with Crippen molar-refractivity contribution in [3.05, 3.63) is 29.3 Å². The van der Waals surface area contributed by atoms with Crippen molar-refractivity contribution in [2.45, 2.75) is 40.0 Å². The Morgan fingerprint density at radius 3 is 2.86 bits per heavy atom. The zero-order valence-electron chi connectivity index (χ0n) is 12.9. The van der Waals surface area contributed by atoms with Gasteiger partial charge < -0.3 is 20.1 Å². The van der Waals surface area contributed by atoms with E-state index < -0.39 is 0 Å². The molecule has 1 atom stereocenters. The first kappa shape index (κ1) is 15.6. The van der Waals surface area contributed by atoms with Crippen LogP contribution in [0.2, 0.25) is 0 Å². The van der Waals surface area contributed by atoms with Gasteiger partial charge in [-0.1, -0.05) is 19.9 Å². The summed E-state index contributed by atoms with van der Waals surface area (Å²) in [6.45, 7) is 7.70. The molecule has 1 heterocycles. The Balaban J connectivity index is 2.10. The van der Waals surface area contributed by atoms with E-state index in [0.717, 1.165) is 16.9 Å². The van der Waals surface area contributed by atoms with E-state index in [1.165, 1.54) is 0 Å². The number of aliphatic hydroxyl groups is 1. The minimum absolute atomic E-state index is 0.0101. The third kappa shape index (κ3) is 3.88. The number of carbonyl (C=O) groups excluding carboxylic acids is 1. The van der Waals surface area contributed by atoms with Crippen LogP contribution in [-0.2, 0) is 13.2 Å². The Morgan fingerprint density at radius 2 is 2.19 bits per heavy atom. The number of carbonyl (C=O) groups is 1. The molecule has 0 aromatic heterocycles. The van der Waals surface area contributed by atoms with E-state index in [9.17, 15) is 9.90 Å². The second-order valence-electron chi connectivity index (χ2n) is 5.85. The van der Waals surface area contributed by atoms with Crippen LogP contribution < -0.4 is 10.1 Å². The van der Waals surface area contributed by atoms with E-state index in [-0.39, 0.29) is 18.7 Å². The van der Waals surface area contributed by atoms with Crippen LogP contribution in [0.25, 0.3) is 0 Å². The van der Waals surface area contributed by atoms with Crippen molar-refractivity contribution < 1.29 is 14.6 Å². The molecule has 2 N–H and O–H groups in total. The lowest BCUT2D eigenvalue weighted by molar-refractivity contribution is 0.182. The van der Waals surface area contributed by atoms with Gasteiger partial charge in [-0.15, -0.1) is 0 Å². The Labute approximate surface area is 125 Å². The summed E-state index contributed by atoms with van der Waals surface area (Å²) in [7, 11) is 0. The molecule has 0 fully saturated rings. The molecule has 1 aromatic carbocycles. The first-order valence-electron chi connectivity index (χ1n) is 7.42. The van der Waals surface area contributed by atoms with Gasteiger partial charge in [0, 0.05) is 11.6 Å². The highest BCUT2D eigenvalue weighted by molar-refractivity contribution is 5.74. The number of ether oxygens (including phenoxy) is 1. The quantitative estimate of drug-likeness (QED) is 0.897. The van der Waals surface area contributed by atoms with Gasteiger partial charge >= 0.3 is 6.03 Å². The highest BCUT2D eigenvalue weighted by atomic mass is 16.5. The van der Waals surface area contributed by atoms with Gasteiger partial charge in [0.25, 0.3) is 0 Å². The fourth-order valence-corrected chi connectivity index (χ4v) is 2.17. The minimum Gasteiger partial charge on any atom is -0.491 e. The van der Waals surface area contributed by atoms with Crippen molar-refractivity contribution in [2.24, 2.45) is 5.92 Å². The van der Waals surface area contributed by atoms with Gasteiger partial charge in [0.15, 0.2) is 0 Å². The molecule has 0 saturated heterocycles. The standard InChI is InChI=1S/C16H24N2O3/c1-11(2)12(3)17-16(20)18-6-7-21-15-5-4-13(10-19)8-14(15)9-18/h4-5,8,11-12,19H,6-7,9-10H2,1-3H3,(H,17,20)/t12-/m1/s1. The monoisotopic (exact) mass is 292 g/mol. The number of fused-ring (bicyclic) bond motifs is 1. The summed E-state index contributed by atoms with van der Waals surface area (Å²) in [6, 6.07) is 5.66. The molecule has 2 amide bonds. The van der Waals surface area contributed by atoms with Crippen LogP contribution in [0, 0.1) is 5.92 Å². The van der Waals surface area contributed by atoms with E-state index in [0.29, 0.717) is 25.6 Å². The van der Waals surface area contributed by atoms with Gasteiger partial charge in [0.05, 0.1) is 19.7 Å². The fraction of sp³-hybridized carbons (Fsp3) is 0.562. The lowest BCUT2D eigenvalue weighted by Crippen LogP contribution is -2.45. The Kier molecular flexibility index (Phi) is 5.07. The second kappa shape index (κ2) is 6.80. The highest BCUT2D eigenvalue weighted by Crippen LogP contribution is 2.24. The number of aliphatic hydroxyl groups excluding tert-OH is 1. The largest absolute Gasteiger partial charge is 0.491 e. The lowest BCUT2D eigenvalue weighted by Gasteiger charge is -2.25. The average Bonchev–Trinajstić information content (AvgIpc) is 2.68. The van der Waals surface area contributed by atoms with Gasteiger partial charge in [-0.2, -0.15) is 0 Å². The van der Waals surface area contributed by atoms with Crippen LogP contribution in [0.1, 0.15) is 31.9 Å². The van der Waals surface area contributed by atoms with Gasteiger partial charge in [0.1, 0.15) is 12.4 Å². The van der Waals surface area contributed by atoms with Crippen LogP contribution in [0.5, 0.6) is 5.75 Å². The molecular weight excluding hydrogens is 268 g/mol. The maximum atomic E-state index is 12.3. The molecule has 0 bridgehead atoms. The Bertz CT molecular complexity index is 502.